The van der Waals surface area contributed by atoms with Crippen LogP contribution in [0.1, 0.15) is 0 Å². The van der Waals surface area contributed by atoms with Crippen LogP contribution < -0.4 is 4.74 Å². The van der Waals surface area contributed by atoms with E-state index in [4.69, 9.17) is 17.4 Å². The minimum Gasteiger partial charge on any atom is -0.456 e. The maximum absolute atomic E-state index is 5.60. The Labute approximate surface area is 120 Å². The van der Waals surface area contributed by atoms with Crippen LogP contribution in [-0.4, -0.2) is 0 Å². The molecule has 0 fully saturated rings. The molecule has 0 unspecified atom stereocenters. The second-order valence-electron chi connectivity index (χ2n) is 2.86. The summed E-state index contributed by atoms with van der Waals surface area (Å²) in [6.07, 6.45) is 0. The van der Waals surface area contributed by atoms with Crippen LogP contribution in [0.15, 0.2) is 59.5 Å². The molecule has 0 aliphatic rings. The molecule has 0 bridgehead atoms. The Balaban J connectivity index is -0.000000225. The largest absolute Gasteiger partial charge is 0.456 e. The third-order valence-corrected chi connectivity index (χ3v) is 2.16. The van der Waals surface area contributed by atoms with Gasteiger partial charge in [-0.25, -0.2) is 0 Å². The van der Waals surface area contributed by atoms with Gasteiger partial charge in [0.05, 0.1) is 4.90 Å². The van der Waals surface area contributed by atoms with Crippen molar-refractivity contribution in [1.82, 2.24) is 0 Å². The topological polar surface area (TPSA) is 9.23 Å². The van der Waals surface area contributed by atoms with Gasteiger partial charge in [0.1, 0.15) is 11.5 Å². The minimum absolute atomic E-state index is 0. The fourth-order valence-corrected chi connectivity index (χ4v) is 1.34. The van der Waals surface area contributed by atoms with Gasteiger partial charge in [-0.15, -0.1) is 12.4 Å². The normalized spacial score (nSPS) is 7.16. The molecule has 2 rings (SSSR count). The molecule has 109 valence electrons. The van der Waals surface area contributed by atoms with Crippen molar-refractivity contribution in [2.75, 3.05) is 0 Å². The summed E-state index contributed by atoms with van der Waals surface area (Å²) in [7, 11) is 0. The molecular formula is C12H14ClF4OS. The second-order valence-corrected chi connectivity index (χ2v) is 3.30. The number of hydrogen-bond donors (Lipinski definition) is 0. The molecule has 0 atom stereocenters. The molecule has 7 heteroatoms. The molecule has 0 aliphatic carbocycles. The third-order valence-electron chi connectivity index (χ3n) is 1.82. The molecule has 0 aliphatic heterocycles. The molecular weight excluding hydrogens is 304 g/mol. The summed E-state index contributed by atoms with van der Waals surface area (Å²) in [6, 6.07) is 17.2. The van der Waals surface area contributed by atoms with Crippen LogP contribution in [0.25, 0.3) is 0 Å². The third kappa shape index (κ3) is 7.48. The van der Waals surface area contributed by atoms with Gasteiger partial charge in [-0.05, 0) is 24.3 Å². The molecule has 19 heavy (non-hydrogen) atoms. The molecule has 0 saturated carbocycles. The molecule has 2 aromatic carbocycles. The van der Waals surface area contributed by atoms with Crippen molar-refractivity contribution in [1.29, 1.82) is 0 Å². The molecule has 0 spiro atoms. The van der Waals surface area contributed by atoms with Crippen molar-refractivity contribution in [3.05, 3.63) is 54.6 Å². The zero-order valence-electron chi connectivity index (χ0n) is 9.55. The predicted octanol–water partition coefficient (Wildman–Crippen LogP) is 5.07. The fraction of sp³-hybridized carbons (Fsp3) is 0. The predicted molar refractivity (Wildman–Crippen MR) is 76.1 cm³/mol. The maximum Gasteiger partial charge on any atom is 0.145 e. The highest BCUT2D eigenvalue weighted by molar-refractivity contribution is 7.80. The molecule has 0 aromatic heterocycles. The molecule has 1 nitrogen and oxygen atoms in total. The van der Waals surface area contributed by atoms with E-state index in [2.05, 4.69) is 0 Å². The van der Waals surface area contributed by atoms with E-state index in [1.54, 1.807) is 0 Å². The molecule has 0 N–H and O–H groups in total. The van der Waals surface area contributed by atoms with Gasteiger partial charge in [0.2, 0.25) is 0 Å². The smallest absolute Gasteiger partial charge is 0.145 e. The maximum atomic E-state index is 5.60. The van der Waals surface area contributed by atoms with Crippen LogP contribution in [0.5, 0.6) is 11.5 Å². The molecule has 1 radical (unpaired) electrons. The van der Waals surface area contributed by atoms with Crippen molar-refractivity contribution < 1.29 is 23.6 Å². The van der Waals surface area contributed by atoms with Crippen LogP contribution in [0.4, 0.5) is 18.8 Å². The lowest BCUT2D eigenvalue weighted by atomic mass is 10.3. The van der Waals surface area contributed by atoms with Crippen LogP contribution in [0.2, 0.25) is 0 Å². The van der Waals surface area contributed by atoms with Crippen LogP contribution >= 0.6 is 25.0 Å². The summed E-state index contributed by atoms with van der Waals surface area (Å²) in [5.41, 5.74) is 0. The summed E-state index contributed by atoms with van der Waals surface area (Å²) in [6.45, 7) is 0. The molecule has 2 aromatic rings. The Morgan fingerprint density at radius 2 is 1.16 bits per heavy atom. The first kappa shape index (κ1) is 26.1. The second kappa shape index (κ2) is 12.9. The number of benzene rings is 2. The van der Waals surface area contributed by atoms with Gasteiger partial charge in [0, 0.05) is 0 Å². The van der Waals surface area contributed by atoms with E-state index in [1.165, 1.54) is 0 Å². The lowest BCUT2D eigenvalue weighted by molar-refractivity contribution is 0.471. The lowest BCUT2D eigenvalue weighted by Gasteiger charge is -2.06. The summed E-state index contributed by atoms with van der Waals surface area (Å²) in [5, 5.41) is 0. The quantitative estimate of drug-likeness (QED) is 0.703. The number of halogens is 5. The zero-order valence-corrected chi connectivity index (χ0v) is 11.2. The van der Waals surface area contributed by atoms with E-state index in [0.29, 0.717) is 0 Å². The van der Waals surface area contributed by atoms with Crippen LogP contribution in [0, 0.1) is 0 Å². The Kier molecular flexibility index (Phi) is 17.8. The Bertz CT molecular complexity index is 431. The first-order valence-corrected chi connectivity index (χ1v) is 4.76. The van der Waals surface area contributed by atoms with Crippen molar-refractivity contribution >= 4 is 25.0 Å². The monoisotopic (exact) mass is 317 g/mol. The van der Waals surface area contributed by atoms with E-state index in [1.807, 2.05) is 54.6 Å². The van der Waals surface area contributed by atoms with Gasteiger partial charge in [0.15, 0.2) is 0 Å². The van der Waals surface area contributed by atoms with E-state index in [0.717, 1.165) is 16.4 Å². The summed E-state index contributed by atoms with van der Waals surface area (Å²) >= 11 is 5.13. The standard InChI is InChI=1S/C12H9OS.ClH.4FH/c14-12-9-5-4-8-11(12)13-10-6-2-1-3-7-10;;;;;/h1-9H;5*1H. The highest BCUT2D eigenvalue weighted by Gasteiger charge is 1.99. The number of para-hydroxylation sites is 2. The number of hydrogen-bond acceptors (Lipinski definition) is 1. The number of rotatable bonds is 2. The summed E-state index contributed by atoms with van der Waals surface area (Å²) in [5.74, 6) is 1.54. The van der Waals surface area contributed by atoms with Gasteiger partial charge < -0.3 is 4.74 Å². The first-order chi connectivity index (χ1) is 6.86. The van der Waals surface area contributed by atoms with E-state index >= 15 is 0 Å². The van der Waals surface area contributed by atoms with Crippen molar-refractivity contribution in [2.24, 2.45) is 0 Å². The molecule has 0 heterocycles. The van der Waals surface area contributed by atoms with Crippen molar-refractivity contribution in [3.8, 4) is 11.5 Å². The molecule has 0 amide bonds. The van der Waals surface area contributed by atoms with Crippen LogP contribution in [0.3, 0.4) is 0 Å². The van der Waals surface area contributed by atoms with Gasteiger partial charge in [-0.1, -0.05) is 43.0 Å². The Morgan fingerprint density at radius 1 is 0.684 bits per heavy atom. The van der Waals surface area contributed by atoms with Crippen LogP contribution in [-0.2, 0) is 0 Å². The van der Waals surface area contributed by atoms with E-state index < -0.39 is 0 Å². The van der Waals surface area contributed by atoms with Gasteiger partial charge in [-0.3, -0.25) is 18.8 Å². The zero-order chi connectivity index (χ0) is 9.80. The summed E-state index contributed by atoms with van der Waals surface area (Å²) in [4.78, 5) is 0.733. The van der Waals surface area contributed by atoms with E-state index in [9.17, 15) is 0 Å². The summed E-state index contributed by atoms with van der Waals surface area (Å²) < 4.78 is 5.60. The van der Waals surface area contributed by atoms with E-state index in [-0.39, 0.29) is 31.2 Å². The SMILES string of the molecule is Cl.F.F.F.F.[S]c1ccccc1Oc1ccccc1. The Hall–Kier alpha value is -1.53. The van der Waals surface area contributed by atoms with Crippen molar-refractivity contribution in [3.63, 3.8) is 0 Å². The van der Waals surface area contributed by atoms with Gasteiger partial charge in [0.25, 0.3) is 0 Å². The fourth-order valence-electron chi connectivity index (χ4n) is 1.15. The minimum atomic E-state index is 0. The van der Waals surface area contributed by atoms with Crippen molar-refractivity contribution in [2.45, 2.75) is 4.90 Å². The number of ether oxygens (including phenoxy) is 1. The average molecular weight is 318 g/mol. The first-order valence-electron chi connectivity index (χ1n) is 4.35. The lowest BCUT2D eigenvalue weighted by Crippen LogP contribution is -1.84. The molecule has 0 saturated heterocycles. The highest BCUT2D eigenvalue weighted by Crippen LogP contribution is 2.26. The highest BCUT2D eigenvalue weighted by atomic mass is 35.5. The van der Waals surface area contributed by atoms with Gasteiger partial charge in [-0.2, -0.15) is 0 Å². The average Bonchev–Trinajstić information content (AvgIpc) is 2.23. The van der Waals surface area contributed by atoms with Gasteiger partial charge >= 0.3 is 0 Å². The Morgan fingerprint density at radius 3 is 1.68 bits per heavy atom.